The Kier molecular flexibility index (Phi) is 5.16. The Hall–Kier alpha value is -3.47. The van der Waals surface area contributed by atoms with Crippen molar-refractivity contribution in [2.24, 2.45) is 5.10 Å². The van der Waals surface area contributed by atoms with Crippen LogP contribution in [0.25, 0.3) is 0 Å². The predicted molar refractivity (Wildman–Crippen MR) is 96.8 cm³/mol. The van der Waals surface area contributed by atoms with E-state index in [9.17, 15) is 4.79 Å². The van der Waals surface area contributed by atoms with Gasteiger partial charge in [-0.2, -0.15) is 5.10 Å². The van der Waals surface area contributed by atoms with Crippen molar-refractivity contribution in [1.29, 1.82) is 0 Å². The normalized spacial score (nSPS) is 11.0. The molecule has 5 nitrogen and oxygen atoms in total. The van der Waals surface area contributed by atoms with Crippen molar-refractivity contribution in [3.63, 3.8) is 0 Å². The summed E-state index contributed by atoms with van der Waals surface area (Å²) in [5.41, 5.74) is 5.58. The van der Waals surface area contributed by atoms with Crippen molar-refractivity contribution in [2.75, 3.05) is 7.11 Å². The summed E-state index contributed by atoms with van der Waals surface area (Å²) in [5.74, 6) is 0.409. The average Bonchev–Trinajstić information content (AvgIpc) is 2.70. The Balaban J connectivity index is 1.87. The molecule has 0 unspecified atom stereocenters. The van der Waals surface area contributed by atoms with E-state index in [1.165, 1.54) is 0 Å². The Morgan fingerprint density at radius 1 is 0.880 bits per heavy atom. The first-order valence-electron chi connectivity index (χ1n) is 7.76. The molecule has 0 aliphatic carbocycles. The van der Waals surface area contributed by atoms with E-state index in [4.69, 9.17) is 4.74 Å². The van der Waals surface area contributed by atoms with Crippen molar-refractivity contribution >= 4 is 11.6 Å². The van der Waals surface area contributed by atoms with Crippen molar-refractivity contribution in [1.82, 2.24) is 10.4 Å². The minimum absolute atomic E-state index is 0.287. The molecule has 2 aromatic carbocycles. The molecule has 0 fully saturated rings. The number of amides is 1. The number of ether oxygens (including phenoxy) is 1. The zero-order valence-corrected chi connectivity index (χ0v) is 13.7. The predicted octanol–water partition coefficient (Wildman–Crippen LogP) is 3.27. The Morgan fingerprint density at radius 2 is 1.52 bits per heavy atom. The number of nitrogens with one attached hydrogen (secondary N) is 1. The molecule has 5 heteroatoms. The lowest BCUT2D eigenvalue weighted by atomic mass is 10.0. The van der Waals surface area contributed by atoms with Gasteiger partial charge >= 0.3 is 0 Å². The van der Waals surface area contributed by atoms with E-state index in [-0.39, 0.29) is 5.91 Å². The molecule has 25 heavy (non-hydrogen) atoms. The maximum Gasteiger partial charge on any atom is 0.271 e. The SMILES string of the molecule is COc1ccc(C(=O)NN=C(c2ccccc2)c2ccncc2)cc1. The fourth-order valence-electron chi connectivity index (χ4n) is 2.32. The number of hydrogen-bond donors (Lipinski definition) is 1. The van der Waals surface area contributed by atoms with Crippen LogP contribution in [0.1, 0.15) is 21.5 Å². The summed E-state index contributed by atoms with van der Waals surface area (Å²) >= 11 is 0. The van der Waals surface area contributed by atoms with Gasteiger partial charge in [0.2, 0.25) is 0 Å². The van der Waals surface area contributed by atoms with Gasteiger partial charge in [-0.3, -0.25) is 9.78 Å². The van der Waals surface area contributed by atoms with Crippen LogP contribution in [0.5, 0.6) is 5.75 Å². The van der Waals surface area contributed by atoms with Crippen LogP contribution in [0.4, 0.5) is 0 Å². The molecular formula is C20H17N3O2. The van der Waals surface area contributed by atoms with E-state index in [2.05, 4.69) is 15.5 Å². The van der Waals surface area contributed by atoms with Crippen LogP contribution in [0.15, 0.2) is 84.2 Å². The van der Waals surface area contributed by atoms with Crippen molar-refractivity contribution in [2.45, 2.75) is 0 Å². The van der Waals surface area contributed by atoms with Crippen molar-refractivity contribution < 1.29 is 9.53 Å². The lowest BCUT2D eigenvalue weighted by Crippen LogP contribution is -2.20. The third-order valence-electron chi connectivity index (χ3n) is 3.62. The molecule has 1 amide bonds. The van der Waals surface area contributed by atoms with Crippen molar-refractivity contribution in [3.05, 3.63) is 95.8 Å². The monoisotopic (exact) mass is 331 g/mol. The van der Waals surface area contributed by atoms with E-state index in [1.807, 2.05) is 42.5 Å². The number of hydrogen-bond acceptors (Lipinski definition) is 4. The van der Waals surface area contributed by atoms with E-state index >= 15 is 0 Å². The lowest BCUT2D eigenvalue weighted by molar-refractivity contribution is 0.0955. The summed E-state index contributed by atoms with van der Waals surface area (Å²) < 4.78 is 5.10. The Bertz CT molecular complexity index is 819. The number of aromatic nitrogens is 1. The van der Waals surface area contributed by atoms with Gasteiger partial charge in [0.15, 0.2) is 0 Å². The van der Waals surface area contributed by atoms with Gasteiger partial charge in [0, 0.05) is 29.1 Å². The molecule has 0 atom stereocenters. The van der Waals surface area contributed by atoms with Crippen LogP contribution < -0.4 is 10.2 Å². The molecule has 1 N–H and O–H groups in total. The quantitative estimate of drug-likeness (QED) is 0.576. The number of benzene rings is 2. The molecule has 3 rings (SSSR count). The first kappa shape index (κ1) is 16.4. The Labute approximate surface area is 146 Å². The van der Waals surface area contributed by atoms with E-state index in [1.54, 1.807) is 43.8 Å². The van der Waals surface area contributed by atoms with Gasteiger partial charge in [-0.05, 0) is 36.4 Å². The summed E-state index contributed by atoms with van der Waals surface area (Å²) in [7, 11) is 1.58. The minimum atomic E-state index is -0.287. The summed E-state index contributed by atoms with van der Waals surface area (Å²) in [6.45, 7) is 0. The molecule has 0 radical (unpaired) electrons. The number of nitrogens with zero attached hydrogens (tertiary/aromatic N) is 2. The smallest absolute Gasteiger partial charge is 0.271 e. The third kappa shape index (κ3) is 4.09. The molecule has 1 aromatic heterocycles. The summed E-state index contributed by atoms with van der Waals surface area (Å²) in [6, 6.07) is 20.2. The zero-order valence-electron chi connectivity index (χ0n) is 13.7. The summed E-state index contributed by atoms with van der Waals surface area (Å²) in [6.07, 6.45) is 3.39. The molecule has 0 saturated heterocycles. The molecule has 0 bridgehead atoms. The molecule has 0 aliphatic rings. The van der Waals surface area contributed by atoms with Gasteiger partial charge < -0.3 is 4.74 Å². The number of carbonyl (C=O) groups excluding carboxylic acids is 1. The molecule has 0 spiro atoms. The molecule has 0 saturated carbocycles. The van der Waals surface area contributed by atoms with Crippen LogP contribution in [0.2, 0.25) is 0 Å². The highest BCUT2D eigenvalue weighted by atomic mass is 16.5. The van der Waals surface area contributed by atoms with E-state index in [0.717, 1.165) is 11.1 Å². The zero-order chi connectivity index (χ0) is 17.5. The maximum absolute atomic E-state index is 12.3. The number of pyridine rings is 1. The minimum Gasteiger partial charge on any atom is -0.497 e. The van der Waals surface area contributed by atoms with Crippen LogP contribution in [-0.4, -0.2) is 23.7 Å². The van der Waals surface area contributed by atoms with E-state index in [0.29, 0.717) is 17.0 Å². The molecule has 1 heterocycles. The van der Waals surface area contributed by atoms with Gasteiger partial charge in [-0.1, -0.05) is 30.3 Å². The van der Waals surface area contributed by atoms with Crippen molar-refractivity contribution in [3.8, 4) is 5.75 Å². The fraction of sp³-hybridized carbons (Fsp3) is 0.0500. The topological polar surface area (TPSA) is 63.6 Å². The number of methoxy groups -OCH3 is 1. The summed E-state index contributed by atoms with van der Waals surface area (Å²) in [4.78, 5) is 16.4. The number of rotatable bonds is 5. The average molecular weight is 331 g/mol. The van der Waals surface area contributed by atoms with Crippen LogP contribution in [0.3, 0.4) is 0 Å². The molecule has 3 aromatic rings. The first-order valence-corrected chi connectivity index (χ1v) is 7.76. The molecule has 124 valence electrons. The molecular weight excluding hydrogens is 314 g/mol. The highest BCUT2D eigenvalue weighted by Gasteiger charge is 2.09. The first-order chi connectivity index (χ1) is 12.3. The number of hydrazone groups is 1. The Morgan fingerprint density at radius 3 is 2.16 bits per heavy atom. The largest absolute Gasteiger partial charge is 0.497 e. The molecule has 0 aliphatic heterocycles. The summed E-state index contributed by atoms with van der Waals surface area (Å²) in [5, 5.41) is 4.34. The number of carbonyl (C=O) groups is 1. The van der Waals surface area contributed by atoms with E-state index < -0.39 is 0 Å². The van der Waals surface area contributed by atoms with Gasteiger partial charge in [-0.15, -0.1) is 0 Å². The highest BCUT2D eigenvalue weighted by molar-refractivity contribution is 6.13. The lowest BCUT2D eigenvalue weighted by Gasteiger charge is -2.08. The highest BCUT2D eigenvalue weighted by Crippen LogP contribution is 2.12. The van der Waals surface area contributed by atoms with Gasteiger partial charge in [0.1, 0.15) is 5.75 Å². The second-order valence-electron chi connectivity index (χ2n) is 5.23. The van der Waals surface area contributed by atoms with Gasteiger partial charge in [0.05, 0.1) is 12.8 Å². The van der Waals surface area contributed by atoms with Gasteiger partial charge in [0.25, 0.3) is 5.91 Å². The van der Waals surface area contributed by atoms with Crippen LogP contribution in [-0.2, 0) is 0 Å². The van der Waals surface area contributed by atoms with Crippen LogP contribution in [0, 0.1) is 0 Å². The fourth-order valence-corrected chi connectivity index (χ4v) is 2.32. The van der Waals surface area contributed by atoms with Crippen LogP contribution >= 0.6 is 0 Å². The standard InChI is InChI=1S/C20H17N3O2/c1-25-18-9-7-17(8-10-18)20(24)23-22-19(15-5-3-2-4-6-15)16-11-13-21-14-12-16/h2-14H,1H3,(H,23,24). The van der Waals surface area contributed by atoms with Gasteiger partial charge in [-0.25, -0.2) is 5.43 Å². The second kappa shape index (κ2) is 7.88. The third-order valence-corrected chi connectivity index (χ3v) is 3.62. The maximum atomic E-state index is 12.3. The second-order valence-corrected chi connectivity index (χ2v) is 5.23.